The van der Waals surface area contributed by atoms with E-state index in [0.29, 0.717) is 4.47 Å². The van der Waals surface area contributed by atoms with E-state index in [-0.39, 0.29) is 11.9 Å². The molecule has 0 fully saturated rings. The fraction of sp³-hybridized carbons (Fsp3) is 0.231. The number of thiophene rings is 1. The predicted octanol–water partition coefficient (Wildman–Crippen LogP) is 4.92. The first-order valence-corrected chi connectivity index (χ1v) is 7.93. The van der Waals surface area contributed by atoms with E-state index in [1.807, 2.05) is 24.6 Å². The third-order valence-corrected chi connectivity index (χ3v) is 5.57. The Morgan fingerprint density at radius 2 is 2.11 bits per heavy atom. The molecule has 2 aromatic rings. The van der Waals surface area contributed by atoms with Gasteiger partial charge in [0.25, 0.3) is 0 Å². The molecule has 96 valence electrons. The summed E-state index contributed by atoms with van der Waals surface area (Å²) in [4.78, 5) is 1.26. The van der Waals surface area contributed by atoms with Crippen molar-refractivity contribution in [1.29, 1.82) is 0 Å². The highest BCUT2D eigenvalue weighted by atomic mass is 79.9. The smallest absolute Gasteiger partial charge is 0.137 e. The van der Waals surface area contributed by atoms with Gasteiger partial charge in [-0.05, 0) is 62.0 Å². The highest BCUT2D eigenvalue weighted by Gasteiger charge is 2.17. The zero-order valence-electron chi connectivity index (χ0n) is 9.71. The molecule has 5 heteroatoms. The predicted molar refractivity (Wildman–Crippen MR) is 81.6 cm³/mol. The molecule has 0 saturated carbocycles. The van der Waals surface area contributed by atoms with Crippen molar-refractivity contribution in [1.82, 2.24) is 5.32 Å². The minimum atomic E-state index is -0.224. The standard InChI is InChI=1S/C13H12Br2FNS/c1-17-11(7-12-9(14)5-6-18-12)8-3-2-4-10(16)13(8)15/h2-6,11,17H,7H2,1H3. The molecule has 1 atom stereocenters. The summed E-state index contributed by atoms with van der Waals surface area (Å²) >= 11 is 8.55. The SMILES string of the molecule is CNC(Cc1sccc1Br)c1cccc(F)c1Br. The molecule has 0 aliphatic carbocycles. The third-order valence-electron chi connectivity index (χ3n) is 2.79. The van der Waals surface area contributed by atoms with Crippen LogP contribution in [0.3, 0.4) is 0 Å². The van der Waals surface area contributed by atoms with E-state index in [4.69, 9.17) is 0 Å². The van der Waals surface area contributed by atoms with Crippen LogP contribution in [0.15, 0.2) is 38.6 Å². The Morgan fingerprint density at radius 3 is 2.72 bits per heavy atom. The molecule has 1 aromatic carbocycles. The molecule has 0 amide bonds. The molecule has 1 aromatic heterocycles. The van der Waals surface area contributed by atoms with Crippen LogP contribution in [0.25, 0.3) is 0 Å². The summed E-state index contributed by atoms with van der Waals surface area (Å²) in [6.45, 7) is 0. The molecule has 2 rings (SSSR count). The van der Waals surface area contributed by atoms with Crippen molar-refractivity contribution in [3.8, 4) is 0 Å². The summed E-state index contributed by atoms with van der Waals surface area (Å²) < 4.78 is 15.2. The molecule has 0 radical (unpaired) electrons. The topological polar surface area (TPSA) is 12.0 Å². The molecular weight excluding hydrogens is 381 g/mol. The Bertz CT molecular complexity index is 542. The van der Waals surface area contributed by atoms with Crippen LogP contribution in [0.2, 0.25) is 0 Å². The van der Waals surface area contributed by atoms with Crippen LogP contribution in [0.5, 0.6) is 0 Å². The second kappa shape index (κ2) is 6.28. The fourth-order valence-corrected chi connectivity index (χ4v) is 3.92. The second-order valence-electron chi connectivity index (χ2n) is 3.88. The molecule has 0 aliphatic heterocycles. The first kappa shape index (κ1) is 14.2. The first-order chi connectivity index (χ1) is 8.63. The molecule has 1 N–H and O–H groups in total. The van der Waals surface area contributed by atoms with E-state index < -0.39 is 0 Å². The van der Waals surface area contributed by atoms with Crippen LogP contribution < -0.4 is 5.32 Å². The van der Waals surface area contributed by atoms with Gasteiger partial charge in [0.1, 0.15) is 5.82 Å². The Hall–Kier alpha value is -0.230. The maximum Gasteiger partial charge on any atom is 0.137 e. The lowest BCUT2D eigenvalue weighted by Crippen LogP contribution is -2.19. The average molecular weight is 393 g/mol. The van der Waals surface area contributed by atoms with Gasteiger partial charge < -0.3 is 5.32 Å². The van der Waals surface area contributed by atoms with E-state index in [1.54, 1.807) is 17.4 Å². The lowest BCUT2D eigenvalue weighted by molar-refractivity contribution is 0.573. The van der Waals surface area contributed by atoms with Gasteiger partial charge in [0.15, 0.2) is 0 Å². The molecule has 0 spiro atoms. The lowest BCUT2D eigenvalue weighted by atomic mass is 10.0. The molecule has 1 unspecified atom stereocenters. The van der Waals surface area contributed by atoms with E-state index in [2.05, 4.69) is 37.2 Å². The highest BCUT2D eigenvalue weighted by molar-refractivity contribution is 9.10. The maximum absolute atomic E-state index is 13.6. The molecule has 1 nitrogen and oxygen atoms in total. The van der Waals surface area contributed by atoms with Crippen LogP contribution in [-0.4, -0.2) is 7.05 Å². The van der Waals surface area contributed by atoms with Gasteiger partial charge in [-0.1, -0.05) is 12.1 Å². The van der Waals surface area contributed by atoms with Crippen molar-refractivity contribution in [2.75, 3.05) is 7.05 Å². The average Bonchev–Trinajstić information content (AvgIpc) is 2.76. The number of hydrogen-bond donors (Lipinski definition) is 1. The van der Waals surface area contributed by atoms with Crippen molar-refractivity contribution >= 4 is 43.2 Å². The molecule has 0 bridgehead atoms. The number of nitrogens with one attached hydrogen (secondary N) is 1. The number of hydrogen-bond acceptors (Lipinski definition) is 2. The highest BCUT2D eigenvalue weighted by Crippen LogP contribution is 2.32. The van der Waals surface area contributed by atoms with Crippen LogP contribution in [0.4, 0.5) is 4.39 Å². The molecule has 1 heterocycles. The second-order valence-corrected chi connectivity index (χ2v) is 6.53. The van der Waals surface area contributed by atoms with Gasteiger partial charge in [0.2, 0.25) is 0 Å². The summed E-state index contributed by atoms with van der Waals surface area (Å²) in [6, 6.07) is 7.26. The summed E-state index contributed by atoms with van der Waals surface area (Å²) in [7, 11) is 1.89. The summed E-state index contributed by atoms with van der Waals surface area (Å²) in [5.41, 5.74) is 0.942. The quantitative estimate of drug-likeness (QED) is 0.778. The first-order valence-electron chi connectivity index (χ1n) is 5.46. The van der Waals surface area contributed by atoms with Crippen LogP contribution in [-0.2, 0) is 6.42 Å². The summed E-state index contributed by atoms with van der Waals surface area (Å²) in [5, 5.41) is 5.29. The third kappa shape index (κ3) is 3.02. The zero-order valence-corrected chi connectivity index (χ0v) is 13.7. The minimum absolute atomic E-state index is 0.0880. The van der Waals surface area contributed by atoms with Gasteiger partial charge in [0, 0.05) is 21.8 Å². The Labute approximate surface area is 127 Å². The van der Waals surface area contributed by atoms with E-state index in [9.17, 15) is 4.39 Å². The zero-order chi connectivity index (χ0) is 13.1. The van der Waals surface area contributed by atoms with Crippen LogP contribution in [0.1, 0.15) is 16.5 Å². The van der Waals surface area contributed by atoms with Gasteiger partial charge in [-0.3, -0.25) is 0 Å². The van der Waals surface area contributed by atoms with Gasteiger partial charge in [-0.2, -0.15) is 0 Å². The van der Waals surface area contributed by atoms with E-state index in [0.717, 1.165) is 16.5 Å². The number of halogens is 3. The number of likely N-dealkylation sites (N-methyl/N-ethyl adjacent to an activating group) is 1. The fourth-order valence-electron chi connectivity index (χ4n) is 1.81. The number of rotatable bonds is 4. The van der Waals surface area contributed by atoms with Crippen molar-refractivity contribution in [3.05, 3.63) is 54.8 Å². The Balaban J connectivity index is 2.29. The van der Waals surface area contributed by atoms with Crippen molar-refractivity contribution in [2.45, 2.75) is 12.5 Å². The van der Waals surface area contributed by atoms with Crippen molar-refractivity contribution in [2.24, 2.45) is 0 Å². The van der Waals surface area contributed by atoms with Crippen LogP contribution >= 0.6 is 43.2 Å². The normalized spacial score (nSPS) is 12.7. The van der Waals surface area contributed by atoms with Gasteiger partial charge >= 0.3 is 0 Å². The lowest BCUT2D eigenvalue weighted by Gasteiger charge is -2.18. The van der Waals surface area contributed by atoms with Crippen molar-refractivity contribution in [3.63, 3.8) is 0 Å². The monoisotopic (exact) mass is 391 g/mol. The Kier molecular flexibility index (Phi) is 4.95. The van der Waals surface area contributed by atoms with Crippen LogP contribution in [0, 0.1) is 5.82 Å². The summed E-state index contributed by atoms with van der Waals surface area (Å²) in [6.07, 6.45) is 0.830. The molecule has 0 saturated heterocycles. The minimum Gasteiger partial charge on any atom is -0.313 e. The molecule has 18 heavy (non-hydrogen) atoms. The van der Waals surface area contributed by atoms with E-state index in [1.165, 1.54) is 10.9 Å². The summed E-state index contributed by atoms with van der Waals surface area (Å²) in [5.74, 6) is -0.224. The Morgan fingerprint density at radius 1 is 1.33 bits per heavy atom. The largest absolute Gasteiger partial charge is 0.313 e. The number of benzene rings is 1. The molecular formula is C13H12Br2FNS. The van der Waals surface area contributed by atoms with Gasteiger partial charge in [0.05, 0.1) is 4.47 Å². The molecule has 0 aliphatic rings. The maximum atomic E-state index is 13.6. The van der Waals surface area contributed by atoms with Gasteiger partial charge in [-0.15, -0.1) is 11.3 Å². The van der Waals surface area contributed by atoms with Crippen molar-refractivity contribution < 1.29 is 4.39 Å². The van der Waals surface area contributed by atoms with E-state index >= 15 is 0 Å². The van der Waals surface area contributed by atoms with Gasteiger partial charge in [-0.25, -0.2) is 4.39 Å².